The number of amides is 2. The Hall–Kier alpha value is -2.69. The number of non-ortho nitro benzene ring substituents is 1. The number of imide groups is 1. The molecule has 0 aromatic heterocycles. The standard InChI is InChI=1S/C21H18BrN3O5S/c22-17-4-2-1-3-14(17)13-24-20(26)19(31-21(24)27)12-15-11-16(25(28)29)5-6-18(15)23-7-9-30-10-8-23/h1-6,11-12H,7-10,13H2/b19-12-. The van der Waals surface area contributed by atoms with Crippen LogP contribution >= 0.6 is 27.7 Å². The van der Waals surface area contributed by atoms with E-state index in [1.165, 1.54) is 17.0 Å². The zero-order chi connectivity index (χ0) is 22.0. The topological polar surface area (TPSA) is 93.0 Å². The zero-order valence-corrected chi connectivity index (χ0v) is 18.7. The molecular weight excluding hydrogens is 486 g/mol. The van der Waals surface area contributed by atoms with Gasteiger partial charge in [0.1, 0.15) is 0 Å². The van der Waals surface area contributed by atoms with Gasteiger partial charge in [0.2, 0.25) is 0 Å². The molecule has 2 heterocycles. The van der Waals surface area contributed by atoms with Gasteiger partial charge in [0, 0.05) is 40.9 Å². The molecule has 31 heavy (non-hydrogen) atoms. The smallest absolute Gasteiger partial charge is 0.293 e. The fourth-order valence-electron chi connectivity index (χ4n) is 3.44. The predicted molar refractivity (Wildman–Crippen MR) is 122 cm³/mol. The highest BCUT2D eigenvalue weighted by molar-refractivity contribution is 9.10. The number of morpholine rings is 1. The van der Waals surface area contributed by atoms with Gasteiger partial charge in [-0.25, -0.2) is 0 Å². The van der Waals surface area contributed by atoms with Crippen molar-refractivity contribution in [2.45, 2.75) is 6.54 Å². The Morgan fingerprint density at radius 3 is 2.61 bits per heavy atom. The first kappa shape index (κ1) is 21.5. The van der Waals surface area contributed by atoms with Crippen LogP contribution in [-0.2, 0) is 16.1 Å². The third kappa shape index (κ3) is 4.65. The van der Waals surface area contributed by atoms with Crippen molar-refractivity contribution < 1.29 is 19.2 Å². The number of anilines is 1. The zero-order valence-electron chi connectivity index (χ0n) is 16.3. The normalized spacial score (nSPS) is 18.2. The Morgan fingerprint density at radius 2 is 1.90 bits per heavy atom. The van der Waals surface area contributed by atoms with Crippen LogP contribution in [-0.4, -0.2) is 47.3 Å². The summed E-state index contributed by atoms with van der Waals surface area (Å²) in [4.78, 5) is 39.8. The summed E-state index contributed by atoms with van der Waals surface area (Å²) in [6.45, 7) is 2.54. The molecule has 8 nitrogen and oxygen atoms in total. The van der Waals surface area contributed by atoms with Crippen molar-refractivity contribution >= 4 is 56.3 Å². The minimum Gasteiger partial charge on any atom is -0.378 e. The summed E-state index contributed by atoms with van der Waals surface area (Å²) in [5.41, 5.74) is 2.04. The number of thioether (sulfide) groups is 1. The average molecular weight is 504 g/mol. The van der Waals surface area contributed by atoms with Gasteiger partial charge in [0.15, 0.2) is 0 Å². The fraction of sp³-hybridized carbons (Fsp3) is 0.238. The molecule has 2 aliphatic heterocycles. The molecule has 2 saturated heterocycles. The highest BCUT2D eigenvalue weighted by atomic mass is 79.9. The summed E-state index contributed by atoms with van der Waals surface area (Å²) in [5, 5.41) is 10.9. The molecule has 2 fully saturated rings. The summed E-state index contributed by atoms with van der Waals surface area (Å²) in [7, 11) is 0. The minimum atomic E-state index is -0.473. The SMILES string of the molecule is O=C1S/C(=C\c2cc([N+](=O)[O-])ccc2N2CCOCC2)C(=O)N1Cc1ccccc1Br. The Kier molecular flexibility index (Phi) is 6.40. The number of carbonyl (C=O) groups is 2. The molecule has 0 atom stereocenters. The van der Waals surface area contributed by atoms with E-state index in [1.807, 2.05) is 24.3 Å². The number of ether oxygens (including phenoxy) is 1. The van der Waals surface area contributed by atoms with Gasteiger partial charge in [-0.3, -0.25) is 24.6 Å². The molecule has 2 aromatic rings. The van der Waals surface area contributed by atoms with E-state index in [1.54, 1.807) is 12.1 Å². The number of halogens is 1. The monoisotopic (exact) mass is 503 g/mol. The van der Waals surface area contributed by atoms with Crippen LogP contribution in [0.4, 0.5) is 16.2 Å². The molecule has 0 spiro atoms. The summed E-state index contributed by atoms with van der Waals surface area (Å²) in [6.07, 6.45) is 1.57. The van der Waals surface area contributed by atoms with Gasteiger partial charge in [-0.15, -0.1) is 0 Å². The Bertz CT molecular complexity index is 1080. The Morgan fingerprint density at radius 1 is 1.16 bits per heavy atom. The van der Waals surface area contributed by atoms with E-state index in [0.717, 1.165) is 27.5 Å². The maximum absolute atomic E-state index is 13.0. The quantitative estimate of drug-likeness (QED) is 0.338. The molecule has 2 aliphatic rings. The number of nitro groups is 1. The molecule has 2 amide bonds. The van der Waals surface area contributed by atoms with Crippen LogP contribution in [0.25, 0.3) is 6.08 Å². The number of nitrogens with zero attached hydrogens (tertiary/aromatic N) is 3. The molecule has 0 N–H and O–H groups in total. The largest absolute Gasteiger partial charge is 0.378 e. The van der Waals surface area contributed by atoms with Gasteiger partial charge in [0.05, 0.1) is 29.6 Å². The van der Waals surface area contributed by atoms with Gasteiger partial charge in [-0.2, -0.15) is 0 Å². The lowest BCUT2D eigenvalue weighted by molar-refractivity contribution is -0.384. The van der Waals surface area contributed by atoms with Crippen LogP contribution in [0.2, 0.25) is 0 Å². The van der Waals surface area contributed by atoms with E-state index in [-0.39, 0.29) is 22.4 Å². The van der Waals surface area contributed by atoms with Crippen LogP contribution < -0.4 is 4.90 Å². The van der Waals surface area contributed by atoms with Crippen LogP contribution in [0.15, 0.2) is 51.8 Å². The van der Waals surface area contributed by atoms with Crippen LogP contribution in [0.5, 0.6) is 0 Å². The molecule has 0 radical (unpaired) electrons. The van der Waals surface area contributed by atoms with Crippen LogP contribution in [0, 0.1) is 10.1 Å². The number of hydrogen-bond donors (Lipinski definition) is 0. The average Bonchev–Trinajstić information content (AvgIpc) is 3.03. The van der Waals surface area contributed by atoms with Gasteiger partial charge in [-0.05, 0) is 35.5 Å². The van der Waals surface area contributed by atoms with Crippen LogP contribution in [0.3, 0.4) is 0 Å². The van der Waals surface area contributed by atoms with Gasteiger partial charge in [0.25, 0.3) is 16.8 Å². The highest BCUT2D eigenvalue weighted by Crippen LogP contribution is 2.36. The van der Waals surface area contributed by atoms with Crippen molar-refractivity contribution in [2.24, 2.45) is 0 Å². The maximum atomic E-state index is 13.0. The summed E-state index contributed by atoms with van der Waals surface area (Å²) in [5.74, 6) is -0.412. The maximum Gasteiger partial charge on any atom is 0.293 e. The van der Waals surface area contributed by atoms with E-state index >= 15 is 0 Å². The van der Waals surface area contributed by atoms with E-state index in [9.17, 15) is 19.7 Å². The second-order valence-electron chi connectivity index (χ2n) is 6.96. The predicted octanol–water partition coefficient (Wildman–Crippen LogP) is 4.43. The second-order valence-corrected chi connectivity index (χ2v) is 8.81. The fourth-order valence-corrected chi connectivity index (χ4v) is 4.68. The molecule has 160 valence electrons. The second kappa shape index (κ2) is 9.21. The van der Waals surface area contributed by atoms with E-state index in [0.29, 0.717) is 31.9 Å². The lowest BCUT2D eigenvalue weighted by Crippen LogP contribution is -2.36. The summed E-state index contributed by atoms with van der Waals surface area (Å²) >= 11 is 4.28. The number of hydrogen-bond acceptors (Lipinski definition) is 7. The van der Waals surface area contributed by atoms with E-state index in [2.05, 4.69) is 20.8 Å². The molecule has 10 heteroatoms. The van der Waals surface area contributed by atoms with Crippen LogP contribution in [0.1, 0.15) is 11.1 Å². The lowest BCUT2D eigenvalue weighted by Gasteiger charge is -2.30. The molecule has 2 aromatic carbocycles. The first-order chi connectivity index (χ1) is 14.9. The van der Waals surface area contributed by atoms with Crippen molar-refractivity contribution in [1.82, 2.24) is 4.90 Å². The van der Waals surface area contributed by atoms with Crippen molar-refractivity contribution in [2.75, 3.05) is 31.2 Å². The van der Waals surface area contributed by atoms with Crippen molar-refractivity contribution in [3.8, 4) is 0 Å². The molecule has 0 bridgehead atoms. The number of carbonyl (C=O) groups excluding carboxylic acids is 2. The Labute approximate surface area is 191 Å². The molecule has 0 saturated carbocycles. The Balaban J connectivity index is 1.66. The number of nitro benzene ring substituents is 1. The van der Waals surface area contributed by atoms with Gasteiger partial charge < -0.3 is 9.64 Å². The van der Waals surface area contributed by atoms with Crippen molar-refractivity contribution in [1.29, 1.82) is 0 Å². The highest BCUT2D eigenvalue weighted by Gasteiger charge is 2.35. The number of benzene rings is 2. The third-order valence-corrected chi connectivity index (χ3v) is 6.70. The molecular formula is C21H18BrN3O5S. The summed E-state index contributed by atoms with van der Waals surface area (Å²) < 4.78 is 6.20. The molecule has 0 aliphatic carbocycles. The van der Waals surface area contributed by atoms with Crippen molar-refractivity contribution in [3.63, 3.8) is 0 Å². The first-order valence-electron chi connectivity index (χ1n) is 9.54. The third-order valence-electron chi connectivity index (χ3n) is 5.02. The van der Waals surface area contributed by atoms with E-state index in [4.69, 9.17) is 4.74 Å². The summed E-state index contributed by atoms with van der Waals surface area (Å²) in [6, 6.07) is 12.0. The van der Waals surface area contributed by atoms with E-state index < -0.39 is 10.8 Å². The van der Waals surface area contributed by atoms with Gasteiger partial charge in [-0.1, -0.05) is 34.1 Å². The van der Waals surface area contributed by atoms with Crippen molar-refractivity contribution in [3.05, 3.63) is 73.1 Å². The lowest BCUT2D eigenvalue weighted by atomic mass is 10.1. The molecule has 0 unspecified atom stereocenters. The van der Waals surface area contributed by atoms with Gasteiger partial charge >= 0.3 is 0 Å². The minimum absolute atomic E-state index is 0.0734. The number of rotatable bonds is 5. The molecule has 4 rings (SSSR count). The first-order valence-corrected chi connectivity index (χ1v) is 11.1.